The number of pyridine rings is 2. The number of carbonyl (C=O) groups excluding carboxylic acids is 1. The molecule has 8 heteroatoms. The van der Waals surface area contributed by atoms with E-state index in [9.17, 15) is 4.79 Å². The number of aromatic nitrogens is 4. The fourth-order valence-electron chi connectivity index (χ4n) is 4.41. The normalized spacial score (nSPS) is 15.4. The van der Waals surface area contributed by atoms with Gasteiger partial charge in [0.15, 0.2) is 5.65 Å². The Morgan fingerprint density at radius 2 is 1.94 bits per heavy atom. The van der Waals surface area contributed by atoms with Crippen LogP contribution in [0.3, 0.4) is 0 Å². The molecule has 1 aliphatic heterocycles. The third-order valence-corrected chi connectivity index (χ3v) is 6.63. The molecular weight excluding hydrogens is 420 g/mol. The van der Waals surface area contributed by atoms with Crippen LogP contribution in [0.15, 0.2) is 48.7 Å². The summed E-state index contributed by atoms with van der Waals surface area (Å²) in [7, 11) is 0. The number of aryl methyl sites for hydroxylation is 2. The summed E-state index contributed by atoms with van der Waals surface area (Å²) < 4.78 is 4.64. The molecule has 1 aliphatic rings. The summed E-state index contributed by atoms with van der Waals surface area (Å²) >= 11 is 5.78. The maximum Gasteiger partial charge on any atom is 0.228 e. The molecule has 164 valence electrons. The zero-order valence-electron chi connectivity index (χ0n) is 18.3. The highest BCUT2D eigenvalue weighted by Crippen LogP contribution is 2.23. The quantitative estimate of drug-likeness (QED) is 0.473. The van der Waals surface area contributed by atoms with E-state index < -0.39 is 0 Å². The van der Waals surface area contributed by atoms with Gasteiger partial charge in [-0.2, -0.15) is 5.10 Å². The van der Waals surface area contributed by atoms with E-state index in [1.54, 1.807) is 6.20 Å². The Kier molecular flexibility index (Phi) is 5.48. The Bertz CT molecular complexity index is 1350. The Balaban J connectivity index is 1.27. The number of para-hydroxylation sites is 1. The predicted octanol–water partition coefficient (Wildman–Crippen LogP) is 4.34. The summed E-state index contributed by atoms with van der Waals surface area (Å²) in [4.78, 5) is 19.2. The van der Waals surface area contributed by atoms with Crippen LogP contribution >= 0.6 is 12.2 Å². The maximum absolute atomic E-state index is 12.6. The minimum Gasteiger partial charge on any atom is -0.310 e. The van der Waals surface area contributed by atoms with E-state index >= 15 is 0 Å². The van der Waals surface area contributed by atoms with Gasteiger partial charge < -0.3 is 5.32 Å². The summed E-state index contributed by atoms with van der Waals surface area (Å²) in [6.45, 7) is 6.37. The molecular formula is C24H26N6OS. The molecule has 4 aromatic rings. The standard InChI is InChI=1S/C24H26N6OS/c1-16-7-8-21(25-14-16)26-23(31)18-9-11-28(12-10-18)15-29-24(32)30-20-6-4-3-5-19(20)17(2)13-22(30)27-29/h3-8,13-14,18H,9-12,15H2,1-2H3,(H,25,26,31). The molecule has 4 heterocycles. The van der Waals surface area contributed by atoms with Crippen molar-refractivity contribution < 1.29 is 4.79 Å². The molecule has 1 fully saturated rings. The number of piperidine rings is 1. The zero-order valence-corrected chi connectivity index (χ0v) is 19.1. The van der Waals surface area contributed by atoms with Crippen molar-refractivity contribution in [3.63, 3.8) is 0 Å². The lowest BCUT2D eigenvalue weighted by Crippen LogP contribution is -2.39. The summed E-state index contributed by atoms with van der Waals surface area (Å²) in [6.07, 6.45) is 3.38. The zero-order chi connectivity index (χ0) is 22.2. The van der Waals surface area contributed by atoms with Crippen molar-refractivity contribution in [2.75, 3.05) is 18.4 Å². The van der Waals surface area contributed by atoms with Crippen LogP contribution in [0.25, 0.3) is 16.6 Å². The van der Waals surface area contributed by atoms with Gasteiger partial charge in [0.1, 0.15) is 5.82 Å². The fraction of sp³-hybridized carbons (Fsp3) is 0.333. The largest absolute Gasteiger partial charge is 0.310 e. The van der Waals surface area contributed by atoms with Gasteiger partial charge in [-0.3, -0.25) is 14.1 Å². The number of anilines is 1. The molecule has 0 radical (unpaired) electrons. The third kappa shape index (κ3) is 3.91. The molecule has 1 saturated heterocycles. The highest BCUT2D eigenvalue weighted by molar-refractivity contribution is 7.71. The smallest absolute Gasteiger partial charge is 0.228 e. The first-order valence-corrected chi connectivity index (χ1v) is 11.3. The van der Waals surface area contributed by atoms with Gasteiger partial charge in [-0.1, -0.05) is 24.3 Å². The SMILES string of the molecule is Cc1ccc(NC(=O)C2CCN(Cn3nc4cc(C)c5ccccc5n4c3=S)CC2)nc1. The second-order valence-corrected chi connectivity index (χ2v) is 8.93. The number of benzene rings is 1. The predicted molar refractivity (Wildman–Crippen MR) is 128 cm³/mol. The van der Waals surface area contributed by atoms with Gasteiger partial charge in [-0.05, 0) is 68.2 Å². The molecule has 0 atom stereocenters. The van der Waals surface area contributed by atoms with Crippen molar-refractivity contribution in [3.05, 3.63) is 64.6 Å². The molecule has 0 bridgehead atoms. The van der Waals surface area contributed by atoms with Crippen molar-refractivity contribution >= 4 is 40.5 Å². The van der Waals surface area contributed by atoms with Crippen LogP contribution in [0, 0.1) is 24.5 Å². The van der Waals surface area contributed by atoms with Crippen LogP contribution in [0.4, 0.5) is 5.82 Å². The topological polar surface area (TPSA) is 67.5 Å². The van der Waals surface area contributed by atoms with Crippen molar-refractivity contribution in [2.24, 2.45) is 5.92 Å². The highest BCUT2D eigenvalue weighted by atomic mass is 32.1. The van der Waals surface area contributed by atoms with Crippen molar-refractivity contribution in [2.45, 2.75) is 33.4 Å². The summed E-state index contributed by atoms with van der Waals surface area (Å²) in [5.41, 5.74) is 4.21. The summed E-state index contributed by atoms with van der Waals surface area (Å²) in [6, 6.07) is 14.2. The number of fused-ring (bicyclic) bond motifs is 3. The van der Waals surface area contributed by atoms with Crippen molar-refractivity contribution in [1.82, 2.24) is 24.1 Å². The van der Waals surface area contributed by atoms with Crippen LogP contribution in [0.1, 0.15) is 24.0 Å². The molecule has 7 nitrogen and oxygen atoms in total. The Morgan fingerprint density at radius 1 is 1.16 bits per heavy atom. The minimum atomic E-state index is -0.00464. The average Bonchev–Trinajstić information content (AvgIpc) is 3.11. The molecule has 0 aliphatic carbocycles. The summed E-state index contributed by atoms with van der Waals surface area (Å²) in [5, 5.41) is 8.91. The number of nitrogens with one attached hydrogen (secondary N) is 1. The Morgan fingerprint density at radius 3 is 2.69 bits per heavy atom. The average molecular weight is 447 g/mol. The number of rotatable bonds is 4. The van der Waals surface area contributed by atoms with Gasteiger partial charge in [0.25, 0.3) is 0 Å². The lowest BCUT2D eigenvalue weighted by Gasteiger charge is -2.30. The third-order valence-electron chi connectivity index (χ3n) is 6.23. The van der Waals surface area contributed by atoms with Gasteiger partial charge in [0, 0.05) is 30.6 Å². The molecule has 0 spiro atoms. The van der Waals surface area contributed by atoms with E-state index in [1.165, 1.54) is 10.9 Å². The van der Waals surface area contributed by atoms with Gasteiger partial charge in [-0.25, -0.2) is 9.67 Å². The number of likely N-dealkylation sites (tertiary alicyclic amines) is 1. The molecule has 32 heavy (non-hydrogen) atoms. The molecule has 5 rings (SSSR count). The van der Waals surface area contributed by atoms with Crippen LogP contribution in [0.5, 0.6) is 0 Å². The lowest BCUT2D eigenvalue weighted by molar-refractivity contribution is -0.121. The van der Waals surface area contributed by atoms with Crippen LogP contribution in [-0.2, 0) is 11.5 Å². The second-order valence-electron chi connectivity index (χ2n) is 8.56. The van der Waals surface area contributed by atoms with E-state index in [2.05, 4.69) is 40.3 Å². The first-order valence-electron chi connectivity index (χ1n) is 10.9. The van der Waals surface area contributed by atoms with E-state index in [1.807, 2.05) is 40.3 Å². The Hall–Kier alpha value is -3.10. The van der Waals surface area contributed by atoms with Gasteiger partial charge in [-0.15, -0.1) is 0 Å². The molecule has 0 unspecified atom stereocenters. The van der Waals surface area contributed by atoms with Crippen LogP contribution in [0.2, 0.25) is 0 Å². The highest BCUT2D eigenvalue weighted by Gasteiger charge is 2.26. The number of carbonyl (C=O) groups is 1. The molecule has 1 N–H and O–H groups in total. The summed E-state index contributed by atoms with van der Waals surface area (Å²) in [5.74, 6) is 0.656. The maximum atomic E-state index is 12.6. The minimum absolute atomic E-state index is 0.00464. The lowest BCUT2D eigenvalue weighted by atomic mass is 9.96. The molecule has 3 aromatic heterocycles. The van der Waals surface area contributed by atoms with Gasteiger partial charge >= 0.3 is 0 Å². The van der Waals surface area contributed by atoms with Crippen LogP contribution in [-0.4, -0.2) is 43.1 Å². The van der Waals surface area contributed by atoms with Gasteiger partial charge in [0.05, 0.1) is 12.2 Å². The first kappa shape index (κ1) is 20.8. The van der Waals surface area contributed by atoms with E-state index in [0.29, 0.717) is 17.3 Å². The van der Waals surface area contributed by atoms with E-state index in [0.717, 1.165) is 42.7 Å². The van der Waals surface area contributed by atoms with Crippen LogP contribution < -0.4 is 5.32 Å². The monoisotopic (exact) mass is 446 g/mol. The number of amides is 1. The Labute approximate surface area is 191 Å². The van der Waals surface area contributed by atoms with Gasteiger partial charge in [0.2, 0.25) is 10.7 Å². The number of hydrogen-bond acceptors (Lipinski definition) is 5. The molecule has 1 aromatic carbocycles. The number of hydrogen-bond donors (Lipinski definition) is 1. The second kappa shape index (κ2) is 8.44. The molecule has 0 saturated carbocycles. The van der Waals surface area contributed by atoms with Crippen molar-refractivity contribution in [3.8, 4) is 0 Å². The van der Waals surface area contributed by atoms with E-state index in [4.69, 9.17) is 17.3 Å². The first-order chi connectivity index (χ1) is 15.5. The number of nitrogens with zero attached hydrogens (tertiary/aromatic N) is 5. The fourth-order valence-corrected chi connectivity index (χ4v) is 4.70. The molecule has 1 amide bonds. The van der Waals surface area contributed by atoms with E-state index in [-0.39, 0.29) is 11.8 Å². The van der Waals surface area contributed by atoms with Crippen molar-refractivity contribution in [1.29, 1.82) is 0 Å².